The van der Waals surface area contributed by atoms with Crippen LogP contribution >= 0.6 is 12.2 Å². The molecule has 144 valence electrons. The van der Waals surface area contributed by atoms with Crippen LogP contribution in [0.25, 0.3) is 0 Å². The van der Waals surface area contributed by atoms with Gasteiger partial charge in [0.15, 0.2) is 5.11 Å². The zero-order valence-corrected chi connectivity index (χ0v) is 16.5. The van der Waals surface area contributed by atoms with E-state index >= 15 is 0 Å². The van der Waals surface area contributed by atoms with E-state index in [9.17, 15) is 0 Å². The van der Waals surface area contributed by atoms with E-state index in [1.54, 1.807) is 12.4 Å². The zero-order valence-electron chi connectivity index (χ0n) is 15.7. The van der Waals surface area contributed by atoms with Crippen LogP contribution in [0.1, 0.15) is 32.6 Å². The summed E-state index contributed by atoms with van der Waals surface area (Å²) in [6.07, 6.45) is 9.56. The molecular formula is C20H27N5OS. The lowest BCUT2D eigenvalue weighted by Crippen LogP contribution is -2.46. The lowest BCUT2D eigenvalue weighted by Gasteiger charge is -2.33. The summed E-state index contributed by atoms with van der Waals surface area (Å²) in [5.41, 5.74) is 0.900. The Balaban J connectivity index is 1.46. The van der Waals surface area contributed by atoms with Crippen LogP contribution in [0.5, 0.6) is 5.75 Å². The van der Waals surface area contributed by atoms with Gasteiger partial charge in [0.1, 0.15) is 11.6 Å². The molecule has 0 saturated carbocycles. The maximum absolute atomic E-state index is 5.80. The Morgan fingerprint density at radius 1 is 1.30 bits per heavy atom. The number of pyridine rings is 2. The van der Waals surface area contributed by atoms with Gasteiger partial charge >= 0.3 is 0 Å². The van der Waals surface area contributed by atoms with E-state index in [0.717, 1.165) is 62.6 Å². The van der Waals surface area contributed by atoms with E-state index in [2.05, 4.69) is 32.4 Å². The summed E-state index contributed by atoms with van der Waals surface area (Å²) < 4.78 is 5.80. The second-order valence-electron chi connectivity index (χ2n) is 6.65. The Morgan fingerprint density at radius 2 is 2.15 bits per heavy atom. The molecule has 2 N–H and O–H groups in total. The molecule has 0 aliphatic carbocycles. The molecule has 3 rings (SSSR count). The third-order valence-electron chi connectivity index (χ3n) is 4.56. The van der Waals surface area contributed by atoms with Gasteiger partial charge in [0.05, 0.1) is 18.5 Å². The fourth-order valence-electron chi connectivity index (χ4n) is 3.04. The third kappa shape index (κ3) is 6.06. The molecule has 0 bridgehead atoms. The Morgan fingerprint density at radius 3 is 2.89 bits per heavy atom. The molecule has 7 heteroatoms. The maximum atomic E-state index is 5.80. The minimum absolute atomic E-state index is 0.363. The highest BCUT2D eigenvalue weighted by molar-refractivity contribution is 7.80. The summed E-state index contributed by atoms with van der Waals surface area (Å²) in [6, 6.07) is 8.16. The highest BCUT2D eigenvalue weighted by Crippen LogP contribution is 2.22. The van der Waals surface area contributed by atoms with E-state index in [4.69, 9.17) is 17.0 Å². The molecule has 0 amide bonds. The standard InChI is InChI=1S/C20H27N5OS/c1-2-3-13-26-18-6-10-22-19(14-18)25-11-7-16(8-12-25)23-20(27)24-17-5-4-9-21-15-17/h4-6,9-10,14-16H,2-3,7-8,11-13H2,1H3,(H2,23,24,27). The van der Waals surface area contributed by atoms with Crippen molar-refractivity contribution in [3.8, 4) is 5.75 Å². The molecule has 0 radical (unpaired) electrons. The van der Waals surface area contributed by atoms with Crippen molar-refractivity contribution in [2.45, 2.75) is 38.6 Å². The number of unbranched alkanes of at least 4 members (excludes halogenated alkanes) is 1. The topological polar surface area (TPSA) is 62.3 Å². The van der Waals surface area contributed by atoms with Crippen molar-refractivity contribution in [3.05, 3.63) is 42.9 Å². The van der Waals surface area contributed by atoms with E-state index in [1.807, 2.05) is 30.5 Å². The van der Waals surface area contributed by atoms with Crippen molar-refractivity contribution in [2.75, 3.05) is 29.9 Å². The lowest BCUT2D eigenvalue weighted by atomic mass is 10.1. The van der Waals surface area contributed by atoms with E-state index in [0.29, 0.717) is 11.2 Å². The van der Waals surface area contributed by atoms with Gasteiger partial charge in [-0.3, -0.25) is 4.98 Å². The van der Waals surface area contributed by atoms with E-state index < -0.39 is 0 Å². The van der Waals surface area contributed by atoms with Crippen LogP contribution in [0, 0.1) is 0 Å². The number of hydrogen-bond donors (Lipinski definition) is 2. The van der Waals surface area contributed by atoms with Gasteiger partial charge in [-0.15, -0.1) is 0 Å². The number of hydrogen-bond acceptors (Lipinski definition) is 5. The Hall–Kier alpha value is -2.41. The number of aromatic nitrogens is 2. The number of rotatable bonds is 7. The number of nitrogens with zero attached hydrogens (tertiary/aromatic N) is 3. The van der Waals surface area contributed by atoms with Crippen molar-refractivity contribution >= 4 is 28.8 Å². The Bertz CT molecular complexity index is 719. The summed E-state index contributed by atoms with van der Waals surface area (Å²) >= 11 is 5.41. The van der Waals surface area contributed by atoms with Gasteiger partial charge in [0.25, 0.3) is 0 Å². The van der Waals surface area contributed by atoms with Gasteiger partial charge in [-0.1, -0.05) is 13.3 Å². The van der Waals surface area contributed by atoms with Crippen LogP contribution in [0.2, 0.25) is 0 Å². The maximum Gasteiger partial charge on any atom is 0.171 e. The molecule has 1 fully saturated rings. The van der Waals surface area contributed by atoms with Crippen molar-refractivity contribution in [2.24, 2.45) is 0 Å². The molecule has 6 nitrogen and oxygen atoms in total. The first-order valence-electron chi connectivity index (χ1n) is 9.56. The monoisotopic (exact) mass is 385 g/mol. The summed E-state index contributed by atoms with van der Waals surface area (Å²) in [6.45, 7) is 4.81. The molecule has 0 spiro atoms. The smallest absolute Gasteiger partial charge is 0.171 e. The van der Waals surface area contributed by atoms with Crippen molar-refractivity contribution in [1.29, 1.82) is 0 Å². The average molecular weight is 386 g/mol. The van der Waals surface area contributed by atoms with Crippen molar-refractivity contribution in [1.82, 2.24) is 15.3 Å². The molecule has 2 aromatic rings. The zero-order chi connectivity index (χ0) is 18.9. The Labute approximate surface area is 166 Å². The lowest BCUT2D eigenvalue weighted by molar-refractivity contribution is 0.309. The quantitative estimate of drug-likeness (QED) is 0.558. The van der Waals surface area contributed by atoms with Gasteiger partial charge in [-0.2, -0.15) is 0 Å². The van der Waals surface area contributed by atoms with Crippen LogP contribution < -0.4 is 20.3 Å². The van der Waals surface area contributed by atoms with Crippen molar-refractivity contribution < 1.29 is 4.74 Å². The molecule has 1 aliphatic rings. The van der Waals surface area contributed by atoms with Gasteiger partial charge in [0, 0.05) is 37.6 Å². The molecule has 3 heterocycles. The van der Waals surface area contributed by atoms with Crippen LogP contribution in [0.15, 0.2) is 42.9 Å². The summed E-state index contributed by atoms with van der Waals surface area (Å²) in [4.78, 5) is 10.9. The molecule has 0 atom stereocenters. The predicted molar refractivity (Wildman–Crippen MR) is 113 cm³/mol. The number of piperidine rings is 1. The second kappa shape index (κ2) is 10.1. The summed E-state index contributed by atoms with van der Waals surface area (Å²) in [7, 11) is 0. The second-order valence-corrected chi connectivity index (χ2v) is 7.06. The molecular weight excluding hydrogens is 358 g/mol. The molecule has 0 unspecified atom stereocenters. The number of anilines is 2. The number of thiocarbonyl (C=S) groups is 1. The molecule has 0 aromatic carbocycles. The van der Waals surface area contributed by atoms with Gasteiger partial charge in [0.2, 0.25) is 0 Å². The molecule has 1 aliphatic heterocycles. The summed E-state index contributed by atoms with van der Waals surface area (Å²) in [5, 5.41) is 7.23. The van der Waals surface area contributed by atoms with Gasteiger partial charge in [-0.25, -0.2) is 4.98 Å². The fourth-order valence-corrected chi connectivity index (χ4v) is 3.32. The van der Waals surface area contributed by atoms with Crippen LogP contribution in [-0.2, 0) is 0 Å². The highest BCUT2D eigenvalue weighted by Gasteiger charge is 2.21. The van der Waals surface area contributed by atoms with Gasteiger partial charge in [-0.05, 0) is 49.7 Å². The van der Waals surface area contributed by atoms with Crippen LogP contribution in [0.3, 0.4) is 0 Å². The first-order valence-corrected chi connectivity index (χ1v) is 9.97. The predicted octanol–water partition coefficient (Wildman–Crippen LogP) is 3.61. The minimum Gasteiger partial charge on any atom is -0.493 e. The Kier molecular flexibility index (Phi) is 7.21. The first-order chi connectivity index (χ1) is 13.2. The largest absolute Gasteiger partial charge is 0.493 e. The molecule has 1 saturated heterocycles. The third-order valence-corrected chi connectivity index (χ3v) is 4.78. The molecule has 2 aromatic heterocycles. The van der Waals surface area contributed by atoms with E-state index in [-0.39, 0.29) is 0 Å². The van der Waals surface area contributed by atoms with Crippen molar-refractivity contribution in [3.63, 3.8) is 0 Å². The highest BCUT2D eigenvalue weighted by atomic mass is 32.1. The SMILES string of the molecule is CCCCOc1ccnc(N2CCC(NC(=S)Nc3cccnc3)CC2)c1. The average Bonchev–Trinajstić information content (AvgIpc) is 2.70. The first kappa shape index (κ1) is 19.4. The van der Waals surface area contributed by atoms with Crippen LogP contribution in [0.4, 0.5) is 11.5 Å². The van der Waals surface area contributed by atoms with E-state index in [1.165, 1.54) is 0 Å². The fraction of sp³-hybridized carbons (Fsp3) is 0.450. The number of ether oxygens (including phenoxy) is 1. The normalized spacial score (nSPS) is 14.6. The summed E-state index contributed by atoms with van der Waals surface area (Å²) in [5.74, 6) is 1.88. The molecule has 27 heavy (non-hydrogen) atoms. The minimum atomic E-state index is 0.363. The number of nitrogens with one attached hydrogen (secondary N) is 2. The van der Waals surface area contributed by atoms with Gasteiger partial charge < -0.3 is 20.3 Å². The van der Waals surface area contributed by atoms with Crippen LogP contribution in [-0.4, -0.2) is 40.8 Å².